The van der Waals surface area contributed by atoms with Crippen LogP contribution in [0.4, 0.5) is 0 Å². The first-order valence-corrected chi connectivity index (χ1v) is 9.09. The highest BCUT2D eigenvalue weighted by molar-refractivity contribution is 7.89. The van der Waals surface area contributed by atoms with Gasteiger partial charge in [-0.15, -0.1) is 0 Å². The monoisotopic (exact) mass is 327 g/mol. The first kappa shape index (κ1) is 17.2. The van der Waals surface area contributed by atoms with E-state index in [2.05, 4.69) is 11.9 Å². The Bertz CT molecular complexity index is 667. The first-order chi connectivity index (χ1) is 10.3. The average Bonchev–Trinajstić information content (AvgIpc) is 2.47. The molecule has 6 nitrogen and oxygen atoms in total. The predicted molar refractivity (Wildman–Crippen MR) is 86.5 cm³/mol. The summed E-state index contributed by atoms with van der Waals surface area (Å²) in [7, 11) is 1.58. The number of rotatable bonds is 5. The smallest absolute Gasteiger partial charge is 0.250 e. The van der Waals surface area contributed by atoms with Crippen LogP contribution in [-0.2, 0) is 16.6 Å². The number of nitrogens with zero attached hydrogens (tertiary/aromatic N) is 3. The maximum absolute atomic E-state index is 12.2. The zero-order valence-electron chi connectivity index (χ0n) is 13.5. The van der Waals surface area contributed by atoms with Crippen molar-refractivity contribution in [2.75, 3.05) is 27.7 Å². The molecule has 1 aliphatic heterocycles. The van der Waals surface area contributed by atoms with E-state index in [0.29, 0.717) is 12.6 Å². The van der Waals surface area contributed by atoms with Crippen LogP contribution in [-0.4, -0.2) is 55.9 Å². The zero-order valence-corrected chi connectivity index (χ0v) is 14.3. The van der Waals surface area contributed by atoms with Gasteiger partial charge in [-0.05, 0) is 38.9 Å². The van der Waals surface area contributed by atoms with Gasteiger partial charge < -0.3 is 9.47 Å². The largest absolute Gasteiger partial charge is 0.314 e. The number of pyridine rings is 1. The van der Waals surface area contributed by atoms with Crippen LogP contribution >= 0.6 is 0 Å². The van der Waals surface area contributed by atoms with Crippen LogP contribution in [0.5, 0.6) is 0 Å². The molecule has 1 atom stereocenters. The van der Waals surface area contributed by atoms with Crippen molar-refractivity contribution >= 4 is 10.0 Å². The van der Waals surface area contributed by atoms with Crippen LogP contribution < -0.4 is 5.56 Å². The molecule has 1 aromatic heterocycles. The third-order valence-corrected chi connectivity index (χ3v) is 6.16. The van der Waals surface area contributed by atoms with E-state index >= 15 is 0 Å². The van der Waals surface area contributed by atoms with Crippen molar-refractivity contribution in [1.82, 2.24) is 13.8 Å². The fourth-order valence-electron chi connectivity index (χ4n) is 2.84. The summed E-state index contributed by atoms with van der Waals surface area (Å²) in [6.07, 6.45) is 5.91. The second kappa shape index (κ2) is 6.93. The number of aryl methyl sites for hydroxylation is 1. The van der Waals surface area contributed by atoms with Gasteiger partial charge in [0.05, 0.1) is 4.90 Å². The van der Waals surface area contributed by atoms with E-state index in [0.717, 1.165) is 23.7 Å². The van der Waals surface area contributed by atoms with Gasteiger partial charge in [-0.1, -0.05) is 6.42 Å². The van der Waals surface area contributed by atoms with E-state index in [1.54, 1.807) is 0 Å². The van der Waals surface area contributed by atoms with Crippen molar-refractivity contribution in [3.05, 3.63) is 28.7 Å². The molecule has 0 aliphatic carbocycles. The molecule has 0 N–H and O–H groups in total. The number of piperidine rings is 1. The molecule has 22 heavy (non-hydrogen) atoms. The summed E-state index contributed by atoms with van der Waals surface area (Å²) >= 11 is 0. The summed E-state index contributed by atoms with van der Waals surface area (Å²) in [5.41, 5.74) is -0.156. The molecule has 2 heterocycles. The van der Waals surface area contributed by atoms with Gasteiger partial charge >= 0.3 is 0 Å². The Hall–Kier alpha value is -1.18. The van der Waals surface area contributed by atoms with E-state index in [-0.39, 0.29) is 10.5 Å². The number of hydrogen-bond donors (Lipinski definition) is 0. The summed E-state index contributed by atoms with van der Waals surface area (Å²) in [6, 6.07) is 3.18. The Morgan fingerprint density at radius 1 is 1.27 bits per heavy atom. The summed E-state index contributed by atoms with van der Waals surface area (Å²) in [5.74, 6) is 0. The SMILES string of the molecule is CN1CCCC[C@@H]1CCn1cc(S(=O)(=O)N(C)C)ccc1=O. The molecular formula is C15H25N3O3S. The van der Waals surface area contributed by atoms with Crippen LogP contribution in [0.25, 0.3) is 0 Å². The fourth-order valence-corrected chi connectivity index (χ4v) is 3.77. The van der Waals surface area contributed by atoms with Crippen LogP contribution in [0.1, 0.15) is 25.7 Å². The van der Waals surface area contributed by atoms with Crippen LogP contribution in [0, 0.1) is 0 Å². The molecule has 0 unspecified atom stereocenters. The van der Waals surface area contributed by atoms with Gasteiger partial charge in [-0.3, -0.25) is 4.79 Å². The van der Waals surface area contributed by atoms with Gasteiger partial charge in [0, 0.05) is 38.9 Å². The van der Waals surface area contributed by atoms with Gasteiger partial charge in [-0.25, -0.2) is 12.7 Å². The fraction of sp³-hybridized carbons (Fsp3) is 0.667. The first-order valence-electron chi connectivity index (χ1n) is 7.65. The highest BCUT2D eigenvalue weighted by Crippen LogP contribution is 2.18. The number of sulfonamides is 1. The standard InChI is InChI=1S/C15H25N3O3S/c1-16(2)22(20,21)14-7-8-15(19)18(12-14)11-9-13-6-4-5-10-17(13)3/h7-8,12-13H,4-6,9-11H2,1-3H3/t13-/m1/s1. The molecule has 0 bridgehead atoms. The topological polar surface area (TPSA) is 62.6 Å². The number of likely N-dealkylation sites (tertiary alicyclic amines) is 1. The maximum atomic E-state index is 12.2. The third kappa shape index (κ3) is 3.77. The predicted octanol–water partition coefficient (Wildman–Crippen LogP) is 0.973. The van der Waals surface area contributed by atoms with Gasteiger partial charge in [0.15, 0.2) is 0 Å². The summed E-state index contributed by atoms with van der Waals surface area (Å²) in [5, 5.41) is 0. The molecule has 0 radical (unpaired) electrons. The quantitative estimate of drug-likeness (QED) is 0.808. The van der Waals surface area contributed by atoms with E-state index in [1.807, 2.05) is 0 Å². The average molecular weight is 327 g/mol. The number of hydrogen-bond acceptors (Lipinski definition) is 4. The minimum absolute atomic E-state index is 0.156. The van der Waals surface area contributed by atoms with Crippen molar-refractivity contribution in [2.24, 2.45) is 0 Å². The lowest BCUT2D eigenvalue weighted by molar-refractivity contribution is 0.170. The zero-order chi connectivity index (χ0) is 16.3. The lowest BCUT2D eigenvalue weighted by Crippen LogP contribution is -2.37. The molecule has 2 rings (SSSR count). The van der Waals surface area contributed by atoms with Gasteiger partial charge in [0.1, 0.15) is 0 Å². The molecule has 1 aliphatic rings. The lowest BCUT2D eigenvalue weighted by atomic mass is 10.0. The van der Waals surface area contributed by atoms with Crippen molar-refractivity contribution in [3.8, 4) is 0 Å². The number of aromatic nitrogens is 1. The molecular weight excluding hydrogens is 302 g/mol. The van der Waals surface area contributed by atoms with Gasteiger partial charge in [0.2, 0.25) is 10.0 Å². The molecule has 0 amide bonds. The van der Waals surface area contributed by atoms with Crippen LogP contribution in [0.2, 0.25) is 0 Å². The van der Waals surface area contributed by atoms with Crippen LogP contribution in [0.15, 0.2) is 28.0 Å². The molecule has 0 aromatic carbocycles. The normalized spacial score (nSPS) is 20.5. The molecule has 7 heteroatoms. The second-order valence-corrected chi connectivity index (χ2v) is 8.25. The van der Waals surface area contributed by atoms with Crippen molar-refractivity contribution < 1.29 is 8.42 Å². The lowest BCUT2D eigenvalue weighted by Gasteiger charge is -2.32. The summed E-state index contributed by atoms with van der Waals surface area (Å²) < 4.78 is 27.0. The Balaban J connectivity index is 2.16. The molecule has 0 spiro atoms. The van der Waals surface area contributed by atoms with Crippen molar-refractivity contribution in [2.45, 2.75) is 43.2 Å². The molecule has 1 saturated heterocycles. The van der Waals surface area contributed by atoms with E-state index in [4.69, 9.17) is 0 Å². The van der Waals surface area contributed by atoms with E-state index in [9.17, 15) is 13.2 Å². The van der Waals surface area contributed by atoms with E-state index < -0.39 is 10.0 Å². The molecule has 1 fully saturated rings. The minimum atomic E-state index is -3.51. The third-order valence-electron chi connectivity index (χ3n) is 4.36. The van der Waals surface area contributed by atoms with Crippen molar-refractivity contribution in [3.63, 3.8) is 0 Å². The minimum Gasteiger partial charge on any atom is -0.314 e. The highest BCUT2D eigenvalue weighted by atomic mass is 32.2. The van der Waals surface area contributed by atoms with Crippen LogP contribution in [0.3, 0.4) is 0 Å². The Kier molecular flexibility index (Phi) is 5.41. The maximum Gasteiger partial charge on any atom is 0.250 e. The summed E-state index contributed by atoms with van der Waals surface area (Å²) in [4.78, 5) is 14.5. The Labute approximate surface area is 132 Å². The Morgan fingerprint density at radius 3 is 2.64 bits per heavy atom. The van der Waals surface area contributed by atoms with Gasteiger partial charge in [-0.2, -0.15) is 0 Å². The molecule has 0 saturated carbocycles. The Morgan fingerprint density at radius 2 is 2.00 bits per heavy atom. The molecule has 1 aromatic rings. The van der Waals surface area contributed by atoms with Gasteiger partial charge in [0.25, 0.3) is 5.56 Å². The van der Waals surface area contributed by atoms with E-state index in [1.165, 1.54) is 49.8 Å². The second-order valence-electron chi connectivity index (χ2n) is 6.10. The summed E-state index contributed by atoms with van der Waals surface area (Å²) in [6.45, 7) is 1.64. The highest BCUT2D eigenvalue weighted by Gasteiger charge is 2.20. The van der Waals surface area contributed by atoms with Crippen molar-refractivity contribution in [1.29, 1.82) is 0 Å². The molecule has 124 valence electrons.